The van der Waals surface area contributed by atoms with Crippen LogP contribution in [0.5, 0.6) is 0 Å². The highest BCUT2D eigenvalue weighted by molar-refractivity contribution is 6.05. The molecule has 1 amide bonds. The number of aromatic amines is 2. The minimum atomic E-state index is -0.717. The van der Waals surface area contributed by atoms with Gasteiger partial charge in [-0.2, -0.15) is 5.10 Å². The first kappa shape index (κ1) is 15.9. The minimum Gasteiger partial charge on any atom is -0.351 e. The summed E-state index contributed by atoms with van der Waals surface area (Å²) in [7, 11) is 0. The van der Waals surface area contributed by atoms with Crippen LogP contribution in [0.4, 0.5) is 19.0 Å². The van der Waals surface area contributed by atoms with Crippen molar-refractivity contribution in [2.24, 2.45) is 0 Å². The molecule has 0 aliphatic rings. The van der Waals surface area contributed by atoms with Gasteiger partial charge in [0.1, 0.15) is 23.1 Å². The van der Waals surface area contributed by atoms with Gasteiger partial charge in [-0.1, -0.05) is 0 Å². The van der Waals surface area contributed by atoms with Crippen molar-refractivity contribution in [3.8, 4) is 11.3 Å². The molecule has 0 radical (unpaired) electrons. The molecule has 0 fully saturated rings. The van der Waals surface area contributed by atoms with Crippen molar-refractivity contribution >= 4 is 22.6 Å². The molecule has 130 valence electrons. The predicted molar refractivity (Wildman–Crippen MR) is 90.1 cm³/mol. The first-order valence-electron chi connectivity index (χ1n) is 7.59. The number of H-pyrrole nitrogens is 2. The number of anilines is 1. The van der Waals surface area contributed by atoms with Crippen molar-refractivity contribution < 1.29 is 18.0 Å². The molecule has 0 aliphatic carbocycles. The van der Waals surface area contributed by atoms with Crippen LogP contribution in [0.15, 0.2) is 48.5 Å². The fraction of sp³-hybridized carbons (Fsp3) is 0. The first-order valence-corrected chi connectivity index (χ1v) is 7.59. The summed E-state index contributed by atoms with van der Waals surface area (Å²) in [6, 6.07) is 10.2. The van der Waals surface area contributed by atoms with E-state index in [4.69, 9.17) is 0 Å². The van der Waals surface area contributed by atoms with E-state index in [2.05, 4.69) is 20.5 Å². The second kappa shape index (κ2) is 6.07. The number of hydrogen-bond donors (Lipinski definition) is 3. The van der Waals surface area contributed by atoms with Gasteiger partial charge in [0.15, 0.2) is 5.82 Å². The van der Waals surface area contributed by atoms with E-state index in [-0.39, 0.29) is 17.1 Å². The number of benzene rings is 2. The van der Waals surface area contributed by atoms with Crippen LogP contribution in [0.3, 0.4) is 0 Å². The van der Waals surface area contributed by atoms with Gasteiger partial charge in [-0.15, -0.1) is 0 Å². The zero-order valence-electron chi connectivity index (χ0n) is 13.1. The monoisotopic (exact) mass is 356 g/mol. The molecule has 4 rings (SSSR count). The summed E-state index contributed by atoms with van der Waals surface area (Å²) in [5.74, 6) is -2.14. The summed E-state index contributed by atoms with van der Waals surface area (Å²) in [4.78, 5) is 15.2. The number of carbonyl (C=O) groups is 1. The molecule has 0 unspecified atom stereocenters. The number of aromatic nitrogens is 3. The highest BCUT2D eigenvalue weighted by atomic mass is 19.1. The van der Waals surface area contributed by atoms with Gasteiger partial charge in [-0.05, 0) is 36.4 Å². The van der Waals surface area contributed by atoms with Crippen LogP contribution in [-0.4, -0.2) is 21.1 Å². The lowest BCUT2D eigenvalue weighted by atomic mass is 10.1. The van der Waals surface area contributed by atoms with E-state index in [1.807, 2.05) is 0 Å². The van der Waals surface area contributed by atoms with Crippen LogP contribution >= 0.6 is 0 Å². The van der Waals surface area contributed by atoms with Crippen molar-refractivity contribution in [1.82, 2.24) is 15.2 Å². The normalized spacial score (nSPS) is 11.0. The van der Waals surface area contributed by atoms with Crippen molar-refractivity contribution in [3.63, 3.8) is 0 Å². The summed E-state index contributed by atoms with van der Waals surface area (Å²) in [6.07, 6.45) is 0. The van der Waals surface area contributed by atoms with E-state index >= 15 is 0 Å². The predicted octanol–water partition coefficient (Wildman–Crippen LogP) is 4.23. The molecule has 3 N–H and O–H groups in total. The Hall–Kier alpha value is -3.55. The van der Waals surface area contributed by atoms with Gasteiger partial charge in [-0.3, -0.25) is 9.89 Å². The number of hydrogen-bond acceptors (Lipinski definition) is 2. The van der Waals surface area contributed by atoms with Crippen molar-refractivity contribution in [1.29, 1.82) is 0 Å². The number of rotatable bonds is 3. The molecule has 0 atom stereocenters. The number of amides is 1. The molecule has 8 heteroatoms. The molecule has 2 heterocycles. The number of halogens is 3. The van der Waals surface area contributed by atoms with Crippen LogP contribution in [0.25, 0.3) is 22.2 Å². The van der Waals surface area contributed by atoms with Crippen LogP contribution < -0.4 is 5.32 Å². The largest absolute Gasteiger partial charge is 0.351 e. The maximum atomic E-state index is 13.3. The molecule has 2 aromatic heterocycles. The number of nitrogens with zero attached hydrogens (tertiary/aromatic N) is 1. The molecule has 0 spiro atoms. The average molecular weight is 356 g/mol. The van der Waals surface area contributed by atoms with Crippen molar-refractivity contribution in [2.45, 2.75) is 0 Å². The molecule has 0 saturated heterocycles. The van der Waals surface area contributed by atoms with Gasteiger partial charge in [0, 0.05) is 28.6 Å². The fourth-order valence-corrected chi connectivity index (χ4v) is 2.65. The van der Waals surface area contributed by atoms with E-state index < -0.39 is 23.4 Å². The van der Waals surface area contributed by atoms with Gasteiger partial charge < -0.3 is 10.3 Å². The number of nitrogens with one attached hydrogen (secondary N) is 3. The van der Waals surface area contributed by atoms with E-state index in [0.29, 0.717) is 16.6 Å². The van der Waals surface area contributed by atoms with Gasteiger partial charge >= 0.3 is 0 Å². The standard InChI is InChI=1S/C18H11F3N4O/c19-11-1-2-14-10(3-11)6-16(22-14)18(26)23-17-8-15(24-25-17)9-4-12(20)7-13(21)5-9/h1-8,22H,(H2,23,24,25,26). The third kappa shape index (κ3) is 3.04. The summed E-state index contributed by atoms with van der Waals surface area (Å²) < 4.78 is 39.8. The van der Waals surface area contributed by atoms with Crippen LogP contribution in [0.1, 0.15) is 10.5 Å². The van der Waals surface area contributed by atoms with E-state index in [9.17, 15) is 18.0 Å². The maximum Gasteiger partial charge on any atom is 0.273 e. The topological polar surface area (TPSA) is 73.6 Å². The quantitative estimate of drug-likeness (QED) is 0.514. The Kier molecular flexibility index (Phi) is 3.72. The van der Waals surface area contributed by atoms with Crippen LogP contribution in [-0.2, 0) is 0 Å². The molecule has 0 saturated carbocycles. The lowest BCUT2D eigenvalue weighted by Crippen LogP contribution is -2.12. The van der Waals surface area contributed by atoms with Crippen LogP contribution in [0.2, 0.25) is 0 Å². The van der Waals surface area contributed by atoms with Gasteiger partial charge in [0.2, 0.25) is 0 Å². The smallest absolute Gasteiger partial charge is 0.273 e. The van der Waals surface area contributed by atoms with Crippen molar-refractivity contribution in [3.05, 3.63) is 71.7 Å². The first-order chi connectivity index (χ1) is 12.5. The van der Waals surface area contributed by atoms with Gasteiger partial charge in [-0.25, -0.2) is 13.2 Å². The SMILES string of the molecule is O=C(Nc1cc(-c2cc(F)cc(F)c2)[nH]n1)c1cc2cc(F)ccc2[nH]1. The molecule has 4 aromatic rings. The maximum absolute atomic E-state index is 13.3. The summed E-state index contributed by atoms with van der Waals surface area (Å²) >= 11 is 0. The summed E-state index contributed by atoms with van der Waals surface area (Å²) in [5.41, 5.74) is 1.45. The average Bonchev–Trinajstić information content (AvgIpc) is 3.20. The second-order valence-corrected chi connectivity index (χ2v) is 5.69. The fourth-order valence-electron chi connectivity index (χ4n) is 2.65. The van der Waals surface area contributed by atoms with Crippen molar-refractivity contribution in [2.75, 3.05) is 5.32 Å². The van der Waals surface area contributed by atoms with E-state index in [1.165, 1.54) is 30.3 Å². The summed E-state index contributed by atoms with van der Waals surface area (Å²) in [5, 5.41) is 9.64. The Balaban J connectivity index is 1.57. The lowest BCUT2D eigenvalue weighted by Gasteiger charge is -1.99. The van der Waals surface area contributed by atoms with E-state index in [0.717, 1.165) is 18.2 Å². The molecule has 0 aliphatic heterocycles. The Morgan fingerprint density at radius 1 is 0.923 bits per heavy atom. The lowest BCUT2D eigenvalue weighted by molar-refractivity contribution is 0.102. The Bertz CT molecular complexity index is 1110. The molecular formula is C18H11F3N4O. The van der Waals surface area contributed by atoms with Gasteiger partial charge in [0.05, 0.1) is 5.69 Å². The highest BCUT2D eigenvalue weighted by Crippen LogP contribution is 2.23. The number of carbonyl (C=O) groups excluding carboxylic acids is 1. The number of fused-ring (bicyclic) bond motifs is 1. The molecule has 26 heavy (non-hydrogen) atoms. The Morgan fingerprint density at radius 3 is 2.46 bits per heavy atom. The van der Waals surface area contributed by atoms with Crippen LogP contribution in [0, 0.1) is 17.5 Å². The highest BCUT2D eigenvalue weighted by Gasteiger charge is 2.13. The van der Waals surface area contributed by atoms with E-state index in [1.54, 1.807) is 0 Å². The van der Waals surface area contributed by atoms with Gasteiger partial charge in [0.25, 0.3) is 5.91 Å². The Morgan fingerprint density at radius 2 is 1.69 bits per heavy atom. The zero-order valence-corrected chi connectivity index (χ0v) is 13.1. The summed E-state index contributed by atoms with van der Waals surface area (Å²) in [6.45, 7) is 0. The zero-order chi connectivity index (χ0) is 18.3. The third-order valence-corrected chi connectivity index (χ3v) is 3.82. The molecule has 2 aromatic carbocycles. The minimum absolute atomic E-state index is 0.180. The Labute approximate surface area is 144 Å². The molecular weight excluding hydrogens is 345 g/mol. The molecule has 5 nitrogen and oxygen atoms in total. The molecule has 0 bridgehead atoms. The third-order valence-electron chi connectivity index (χ3n) is 3.82. The second-order valence-electron chi connectivity index (χ2n) is 5.69.